The Morgan fingerprint density at radius 2 is 1.43 bits per heavy atom. The van der Waals surface area contributed by atoms with Gasteiger partial charge in [0.25, 0.3) is 0 Å². The number of hydrogen-bond donors (Lipinski definition) is 0. The van der Waals surface area contributed by atoms with E-state index < -0.39 is 0 Å². The quantitative estimate of drug-likeness (QED) is 0.578. The lowest BCUT2D eigenvalue weighted by Crippen LogP contribution is -2.02. The molecular formula is C19H16N4. The van der Waals surface area contributed by atoms with Gasteiger partial charge in [0.15, 0.2) is 11.5 Å². The maximum absolute atomic E-state index is 4.71. The summed E-state index contributed by atoms with van der Waals surface area (Å²) in [5, 5.41) is 13.2. The van der Waals surface area contributed by atoms with Crippen LogP contribution in [0.3, 0.4) is 0 Å². The molecule has 112 valence electrons. The van der Waals surface area contributed by atoms with Crippen molar-refractivity contribution in [1.82, 2.24) is 19.8 Å². The van der Waals surface area contributed by atoms with Crippen LogP contribution in [-0.2, 0) is 12.8 Å². The van der Waals surface area contributed by atoms with Gasteiger partial charge in [-0.2, -0.15) is 9.61 Å². The molecule has 23 heavy (non-hydrogen) atoms. The second kappa shape index (κ2) is 6.01. The molecule has 0 radical (unpaired) electrons. The zero-order chi connectivity index (χ0) is 15.5. The Kier molecular flexibility index (Phi) is 3.56. The summed E-state index contributed by atoms with van der Waals surface area (Å²) in [5.41, 5.74) is 4.10. The zero-order valence-corrected chi connectivity index (χ0v) is 12.6. The van der Waals surface area contributed by atoms with Gasteiger partial charge in [0.1, 0.15) is 0 Å². The van der Waals surface area contributed by atoms with Crippen LogP contribution in [0.15, 0.2) is 72.8 Å². The average Bonchev–Trinajstić information content (AvgIpc) is 3.04. The Balaban J connectivity index is 1.65. The molecule has 0 saturated heterocycles. The molecule has 0 aliphatic heterocycles. The van der Waals surface area contributed by atoms with Crippen LogP contribution < -0.4 is 0 Å². The van der Waals surface area contributed by atoms with Gasteiger partial charge in [-0.25, -0.2) is 0 Å². The van der Waals surface area contributed by atoms with E-state index in [0.29, 0.717) is 0 Å². The molecule has 4 rings (SSSR count). The van der Waals surface area contributed by atoms with Crippen molar-refractivity contribution in [3.8, 4) is 11.3 Å². The predicted molar refractivity (Wildman–Crippen MR) is 90.1 cm³/mol. The van der Waals surface area contributed by atoms with E-state index in [-0.39, 0.29) is 0 Å². The summed E-state index contributed by atoms with van der Waals surface area (Å²) in [5.74, 6) is 0.890. The van der Waals surface area contributed by atoms with Crippen molar-refractivity contribution < 1.29 is 0 Å². The molecule has 0 bridgehead atoms. The van der Waals surface area contributed by atoms with Gasteiger partial charge < -0.3 is 0 Å². The van der Waals surface area contributed by atoms with Gasteiger partial charge in [-0.3, -0.25) is 0 Å². The molecule has 0 fully saturated rings. The summed E-state index contributed by atoms with van der Waals surface area (Å²) < 4.78 is 1.85. The Hall–Kier alpha value is -3.01. The van der Waals surface area contributed by atoms with E-state index >= 15 is 0 Å². The van der Waals surface area contributed by atoms with Crippen molar-refractivity contribution in [2.75, 3.05) is 0 Å². The first-order chi connectivity index (χ1) is 11.4. The second-order valence-electron chi connectivity index (χ2n) is 5.46. The van der Waals surface area contributed by atoms with Crippen LogP contribution in [0.1, 0.15) is 11.4 Å². The molecular weight excluding hydrogens is 284 g/mol. The van der Waals surface area contributed by atoms with Crippen molar-refractivity contribution in [3.63, 3.8) is 0 Å². The first-order valence-corrected chi connectivity index (χ1v) is 7.71. The van der Waals surface area contributed by atoms with Gasteiger partial charge in [-0.05, 0) is 24.1 Å². The maximum Gasteiger partial charge on any atom is 0.177 e. The Morgan fingerprint density at radius 3 is 2.22 bits per heavy atom. The molecule has 4 nitrogen and oxygen atoms in total. The van der Waals surface area contributed by atoms with E-state index in [0.717, 1.165) is 35.6 Å². The van der Waals surface area contributed by atoms with E-state index in [2.05, 4.69) is 46.6 Å². The average molecular weight is 300 g/mol. The molecule has 2 aromatic carbocycles. The van der Waals surface area contributed by atoms with Crippen molar-refractivity contribution in [2.45, 2.75) is 12.8 Å². The number of hydrogen-bond acceptors (Lipinski definition) is 3. The molecule has 0 aliphatic rings. The topological polar surface area (TPSA) is 43.1 Å². The van der Waals surface area contributed by atoms with Crippen molar-refractivity contribution in [2.24, 2.45) is 0 Å². The van der Waals surface area contributed by atoms with E-state index in [4.69, 9.17) is 5.10 Å². The minimum atomic E-state index is 0.785. The van der Waals surface area contributed by atoms with Gasteiger partial charge in [-0.1, -0.05) is 60.7 Å². The zero-order valence-electron chi connectivity index (χ0n) is 12.6. The number of nitrogens with zero attached hydrogens (tertiary/aromatic N) is 4. The van der Waals surface area contributed by atoms with Gasteiger partial charge >= 0.3 is 0 Å². The van der Waals surface area contributed by atoms with Crippen LogP contribution in [-0.4, -0.2) is 19.8 Å². The third-order valence-corrected chi connectivity index (χ3v) is 3.88. The fraction of sp³-hybridized carbons (Fsp3) is 0.105. The number of benzene rings is 2. The van der Waals surface area contributed by atoms with Crippen LogP contribution in [0.25, 0.3) is 16.9 Å². The van der Waals surface area contributed by atoms with E-state index in [1.54, 1.807) is 0 Å². The molecule has 0 amide bonds. The molecule has 0 N–H and O–H groups in total. The first kappa shape index (κ1) is 13.6. The van der Waals surface area contributed by atoms with E-state index in [9.17, 15) is 0 Å². The Morgan fingerprint density at radius 1 is 0.696 bits per heavy atom. The predicted octanol–water partition coefficient (Wildman–Crippen LogP) is 3.58. The molecule has 4 heteroatoms. The highest BCUT2D eigenvalue weighted by Crippen LogP contribution is 2.17. The Labute approximate surface area is 134 Å². The SMILES string of the molecule is c1ccc(CCc2nnc3ccc(-c4ccccc4)nn23)cc1. The molecule has 0 atom stereocenters. The van der Waals surface area contributed by atoms with Gasteiger partial charge in [0.05, 0.1) is 5.69 Å². The number of fused-ring (bicyclic) bond motifs is 1. The third kappa shape index (κ3) is 2.83. The monoisotopic (exact) mass is 300 g/mol. The van der Waals surface area contributed by atoms with Gasteiger partial charge in [0, 0.05) is 12.0 Å². The summed E-state index contributed by atoms with van der Waals surface area (Å²) >= 11 is 0. The molecule has 2 heterocycles. The van der Waals surface area contributed by atoms with Gasteiger partial charge in [-0.15, -0.1) is 10.2 Å². The normalized spacial score (nSPS) is 11.0. The van der Waals surface area contributed by atoms with Crippen molar-refractivity contribution >= 4 is 5.65 Å². The number of aromatic nitrogens is 4. The fourth-order valence-electron chi connectivity index (χ4n) is 2.65. The molecule has 2 aromatic heterocycles. The van der Waals surface area contributed by atoms with E-state index in [1.807, 2.05) is 40.9 Å². The number of rotatable bonds is 4. The molecule has 0 saturated carbocycles. The van der Waals surface area contributed by atoms with E-state index in [1.165, 1.54) is 5.56 Å². The lowest BCUT2D eigenvalue weighted by Gasteiger charge is -2.03. The van der Waals surface area contributed by atoms with Crippen LogP contribution in [0.5, 0.6) is 0 Å². The van der Waals surface area contributed by atoms with Crippen LogP contribution in [0, 0.1) is 0 Å². The minimum Gasteiger partial charge on any atom is -0.197 e. The Bertz CT molecular complexity index is 914. The van der Waals surface area contributed by atoms with Gasteiger partial charge in [0.2, 0.25) is 0 Å². The molecule has 4 aromatic rings. The highest BCUT2D eigenvalue weighted by atomic mass is 15.4. The van der Waals surface area contributed by atoms with Crippen LogP contribution >= 0.6 is 0 Å². The summed E-state index contributed by atoms with van der Waals surface area (Å²) in [7, 11) is 0. The molecule has 0 aliphatic carbocycles. The smallest absolute Gasteiger partial charge is 0.177 e. The molecule has 0 spiro atoms. The lowest BCUT2D eigenvalue weighted by molar-refractivity contribution is 0.786. The second-order valence-corrected chi connectivity index (χ2v) is 5.46. The van der Waals surface area contributed by atoms with Crippen molar-refractivity contribution in [1.29, 1.82) is 0 Å². The first-order valence-electron chi connectivity index (χ1n) is 7.71. The highest BCUT2D eigenvalue weighted by Gasteiger charge is 2.08. The largest absolute Gasteiger partial charge is 0.197 e. The van der Waals surface area contributed by atoms with Crippen LogP contribution in [0.4, 0.5) is 0 Å². The molecule has 0 unspecified atom stereocenters. The summed E-state index contributed by atoms with van der Waals surface area (Å²) in [6, 6.07) is 24.5. The summed E-state index contributed by atoms with van der Waals surface area (Å²) in [4.78, 5) is 0. The highest BCUT2D eigenvalue weighted by molar-refractivity contribution is 5.59. The van der Waals surface area contributed by atoms with Crippen molar-refractivity contribution in [3.05, 3.63) is 84.2 Å². The maximum atomic E-state index is 4.71. The summed E-state index contributed by atoms with van der Waals surface area (Å²) in [6.07, 6.45) is 1.75. The third-order valence-electron chi connectivity index (χ3n) is 3.88. The summed E-state index contributed by atoms with van der Waals surface area (Å²) in [6.45, 7) is 0. The lowest BCUT2D eigenvalue weighted by atomic mass is 10.1. The van der Waals surface area contributed by atoms with Crippen LogP contribution in [0.2, 0.25) is 0 Å². The minimum absolute atomic E-state index is 0.785. The fourth-order valence-corrected chi connectivity index (χ4v) is 2.65. The standard InChI is InChI=1S/C19H16N4/c1-3-7-15(8-4-1)11-13-18-20-21-19-14-12-17(22-23(18)19)16-9-5-2-6-10-16/h1-10,12,14H,11,13H2. The number of aryl methyl sites for hydroxylation is 2.